The van der Waals surface area contributed by atoms with Crippen molar-refractivity contribution in [3.63, 3.8) is 0 Å². The molecule has 1 fully saturated rings. The maximum absolute atomic E-state index is 3.68. The summed E-state index contributed by atoms with van der Waals surface area (Å²) < 4.78 is 0. The highest BCUT2D eigenvalue weighted by Gasteiger charge is 2.43. The second-order valence-corrected chi connectivity index (χ2v) is 5.86. The van der Waals surface area contributed by atoms with Crippen LogP contribution in [0.5, 0.6) is 0 Å². The third-order valence-electron chi connectivity index (χ3n) is 4.36. The SMILES string of the molecule is CCNC(c1ccc(C)cc1)C1CC1c1ccccc1. The van der Waals surface area contributed by atoms with Crippen LogP contribution in [0.1, 0.15) is 42.0 Å². The predicted octanol–water partition coefficient (Wildman–Crippen LogP) is 4.45. The van der Waals surface area contributed by atoms with Gasteiger partial charge in [-0.1, -0.05) is 67.1 Å². The van der Waals surface area contributed by atoms with Gasteiger partial charge in [0.2, 0.25) is 0 Å². The van der Waals surface area contributed by atoms with Crippen molar-refractivity contribution in [1.82, 2.24) is 5.32 Å². The van der Waals surface area contributed by atoms with Crippen LogP contribution in [-0.4, -0.2) is 6.54 Å². The molecule has 0 aliphatic heterocycles. The summed E-state index contributed by atoms with van der Waals surface area (Å²) in [5, 5.41) is 3.68. The van der Waals surface area contributed by atoms with Crippen molar-refractivity contribution < 1.29 is 0 Å². The Morgan fingerprint density at radius 2 is 1.75 bits per heavy atom. The fourth-order valence-corrected chi connectivity index (χ4v) is 3.18. The molecule has 20 heavy (non-hydrogen) atoms. The van der Waals surface area contributed by atoms with Gasteiger partial charge in [0.05, 0.1) is 0 Å². The molecule has 3 rings (SSSR count). The summed E-state index contributed by atoms with van der Waals surface area (Å²) in [6.07, 6.45) is 1.30. The van der Waals surface area contributed by atoms with Crippen molar-refractivity contribution in [3.05, 3.63) is 71.3 Å². The summed E-state index contributed by atoms with van der Waals surface area (Å²) in [4.78, 5) is 0. The average molecular weight is 265 g/mol. The molecular formula is C19H23N. The predicted molar refractivity (Wildman–Crippen MR) is 84.9 cm³/mol. The van der Waals surface area contributed by atoms with Gasteiger partial charge in [-0.05, 0) is 42.9 Å². The number of nitrogens with one attached hydrogen (secondary N) is 1. The third kappa shape index (κ3) is 2.78. The van der Waals surface area contributed by atoms with Gasteiger partial charge in [-0.2, -0.15) is 0 Å². The van der Waals surface area contributed by atoms with Crippen LogP contribution in [0.3, 0.4) is 0 Å². The van der Waals surface area contributed by atoms with Gasteiger partial charge < -0.3 is 5.32 Å². The largest absolute Gasteiger partial charge is 0.310 e. The summed E-state index contributed by atoms with van der Waals surface area (Å²) >= 11 is 0. The monoisotopic (exact) mass is 265 g/mol. The first-order valence-corrected chi connectivity index (χ1v) is 7.64. The molecule has 1 heteroatoms. The van der Waals surface area contributed by atoms with Gasteiger partial charge in [0.25, 0.3) is 0 Å². The Kier molecular flexibility index (Phi) is 3.88. The van der Waals surface area contributed by atoms with E-state index in [4.69, 9.17) is 0 Å². The van der Waals surface area contributed by atoms with Gasteiger partial charge in [-0.25, -0.2) is 0 Å². The second-order valence-electron chi connectivity index (χ2n) is 5.86. The minimum atomic E-state index is 0.491. The van der Waals surface area contributed by atoms with Crippen LogP contribution < -0.4 is 5.32 Å². The van der Waals surface area contributed by atoms with Crippen LogP contribution in [-0.2, 0) is 0 Å². The standard InChI is InChI=1S/C19H23N/c1-3-20-19(16-11-9-14(2)10-12-16)18-13-17(18)15-7-5-4-6-8-15/h4-12,17-20H,3,13H2,1-2H3. The first-order chi connectivity index (χ1) is 9.79. The molecule has 104 valence electrons. The van der Waals surface area contributed by atoms with E-state index in [9.17, 15) is 0 Å². The molecule has 0 spiro atoms. The minimum absolute atomic E-state index is 0.491. The minimum Gasteiger partial charge on any atom is -0.310 e. The van der Waals surface area contributed by atoms with Gasteiger partial charge in [-0.3, -0.25) is 0 Å². The summed E-state index contributed by atoms with van der Waals surface area (Å²) in [5.41, 5.74) is 4.26. The molecule has 1 N–H and O–H groups in total. The van der Waals surface area contributed by atoms with Crippen LogP contribution in [0.2, 0.25) is 0 Å². The Morgan fingerprint density at radius 1 is 1.05 bits per heavy atom. The van der Waals surface area contributed by atoms with E-state index >= 15 is 0 Å². The van der Waals surface area contributed by atoms with E-state index < -0.39 is 0 Å². The molecular weight excluding hydrogens is 242 g/mol. The maximum Gasteiger partial charge on any atom is 0.0354 e. The third-order valence-corrected chi connectivity index (χ3v) is 4.36. The van der Waals surface area contributed by atoms with Gasteiger partial charge in [-0.15, -0.1) is 0 Å². The molecule has 0 amide bonds. The normalized spacial score (nSPS) is 22.5. The van der Waals surface area contributed by atoms with Gasteiger partial charge in [0.15, 0.2) is 0 Å². The first-order valence-electron chi connectivity index (χ1n) is 7.64. The molecule has 1 saturated carbocycles. The molecule has 0 radical (unpaired) electrons. The van der Waals surface area contributed by atoms with Crippen molar-refractivity contribution in [2.24, 2.45) is 5.92 Å². The van der Waals surface area contributed by atoms with Crippen molar-refractivity contribution in [2.75, 3.05) is 6.54 Å². The van der Waals surface area contributed by atoms with Gasteiger partial charge in [0, 0.05) is 6.04 Å². The zero-order valence-corrected chi connectivity index (χ0v) is 12.3. The van der Waals surface area contributed by atoms with Crippen LogP contribution in [0, 0.1) is 12.8 Å². The molecule has 3 atom stereocenters. The fourth-order valence-electron chi connectivity index (χ4n) is 3.18. The van der Waals surface area contributed by atoms with Crippen LogP contribution in [0.15, 0.2) is 54.6 Å². The summed E-state index contributed by atoms with van der Waals surface area (Å²) in [7, 11) is 0. The Morgan fingerprint density at radius 3 is 2.40 bits per heavy atom. The highest BCUT2D eigenvalue weighted by molar-refractivity contribution is 5.31. The number of hydrogen-bond acceptors (Lipinski definition) is 1. The van der Waals surface area contributed by atoms with Gasteiger partial charge in [0.1, 0.15) is 0 Å². The smallest absolute Gasteiger partial charge is 0.0354 e. The second kappa shape index (κ2) is 5.80. The van der Waals surface area contributed by atoms with Crippen LogP contribution in [0.4, 0.5) is 0 Å². The lowest BCUT2D eigenvalue weighted by molar-refractivity contribution is 0.487. The van der Waals surface area contributed by atoms with E-state index in [-0.39, 0.29) is 0 Å². The molecule has 1 aliphatic carbocycles. The van der Waals surface area contributed by atoms with E-state index in [1.807, 2.05) is 0 Å². The Bertz CT molecular complexity index is 544. The summed E-state index contributed by atoms with van der Waals surface area (Å²) in [6.45, 7) is 5.37. The van der Waals surface area contributed by atoms with Gasteiger partial charge >= 0.3 is 0 Å². The number of aryl methyl sites for hydroxylation is 1. The Labute approximate surface area is 122 Å². The molecule has 0 saturated heterocycles. The van der Waals surface area contributed by atoms with E-state index in [1.54, 1.807) is 0 Å². The molecule has 2 aromatic carbocycles. The topological polar surface area (TPSA) is 12.0 Å². The first kappa shape index (κ1) is 13.4. The van der Waals surface area contributed by atoms with Crippen molar-refractivity contribution in [3.8, 4) is 0 Å². The molecule has 1 aliphatic rings. The fraction of sp³-hybridized carbons (Fsp3) is 0.368. The van der Waals surface area contributed by atoms with Crippen molar-refractivity contribution >= 4 is 0 Å². The summed E-state index contributed by atoms with van der Waals surface area (Å²) in [6, 6.07) is 20.4. The van der Waals surface area contributed by atoms with Crippen molar-refractivity contribution in [1.29, 1.82) is 0 Å². The zero-order valence-electron chi connectivity index (χ0n) is 12.3. The molecule has 0 aromatic heterocycles. The number of rotatable bonds is 5. The quantitative estimate of drug-likeness (QED) is 0.842. The Hall–Kier alpha value is -1.60. The van der Waals surface area contributed by atoms with Crippen LogP contribution >= 0.6 is 0 Å². The van der Waals surface area contributed by atoms with E-state index in [0.29, 0.717) is 6.04 Å². The highest BCUT2D eigenvalue weighted by atomic mass is 14.9. The van der Waals surface area contributed by atoms with Crippen molar-refractivity contribution in [2.45, 2.75) is 32.2 Å². The van der Waals surface area contributed by atoms with Crippen LogP contribution in [0.25, 0.3) is 0 Å². The number of benzene rings is 2. The Balaban J connectivity index is 1.78. The maximum atomic E-state index is 3.68. The number of hydrogen-bond donors (Lipinski definition) is 1. The lowest BCUT2D eigenvalue weighted by atomic mass is 9.98. The zero-order chi connectivity index (χ0) is 13.9. The van der Waals surface area contributed by atoms with E-state index in [2.05, 4.69) is 73.8 Å². The molecule has 2 aromatic rings. The van der Waals surface area contributed by atoms with E-state index in [1.165, 1.54) is 23.1 Å². The van der Waals surface area contributed by atoms with E-state index in [0.717, 1.165) is 18.4 Å². The summed E-state index contributed by atoms with van der Waals surface area (Å²) in [5.74, 6) is 1.46. The lowest BCUT2D eigenvalue weighted by Gasteiger charge is -2.19. The molecule has 0 heterocycles. The average Bonchev–Trinajstić information content (AvgIpc) is 3.27. The molecule has 3 unspecified atom stereocenters. The highest BCUT2D eigenvalue weighted by Crippen LogP contribution is 2.53. The molecule has 0 bridgehead atoms. The lowest BCUT2D eigenvalue weighted by Crippen LogP contribution is -2.23. The molecule has 1 nitrogen and oxygen atoms in total.